The lowest BCUT2D eigenvalue weighted by atomic mass is 10.2. The zero-order valence-electron chi connectivity index (χ0n) is 13.9. The summed E-state index contributed by atoms with van der Waals surface area (Å²) in [5.74, 6) is -0.379. The SMILES string of the molecule is CCOC(=O)c1cnn([C@@H]2CCN(C(=O)OC(C)(C)C)C2)c1.F. The van der Waals surface area contributed by atoms with Crippen LogP contribution in [0.3, 0.4) is 0 Å². The van der Waals surface area contributed by atoms with E-state index in [0.29, 0.717) is 25.3 Å². The lowest BCUT2D eigenvalue weighted by molar-refractivity contribution is 0.0288. The fourth-order valence-corrected chi connectivity index (χ4v) is 2.31. The van der Waals surface area contributed by atoms with Crippen LogP contribution in [0.5, 0.6) is 0 Å². The molecule has 1 aliphatic rings. The highest BCUT2D eigenvalue weighted by molar-refractivity contribution is 5.88. The summed E-state index contributed by atoms with van der Waals surface area (Å²) in [5, 5.41) is 4.21. The summed E-state index contributed by atoms with van der Waals surface area (Å²) in [5.41, 5.74) is -0.0737. The number of halogens is 1. The topological polar surface area (TPSA) is 73.7 Å². The van der Waals surface area contributed by atoms with Gasteiger partial charge >= 0.3 is 12.1 Å². The molecule has 0 aliphatic carbocycles. The van der Waals surface area contributed by atoms with Crippen molar-refractivity contribution >= 4 is 12.1 Å². The Morgan fingerprint density at radius 3 is 2.70 bits per heavy atom. The van der Waals surface area contributed by atoms with E-state index in [1.807, 2.05) is 20.8 Å². The highest BCUT2D eigenvalue weighted by Gasteiger charge is 2.31. The number of hydrogen-bond donors (Lipinski definition) is 0. The lowest BCUT2D eigenvalue weighted by Gasteiger charge is -2.24. The predicted octanol–water partition coefficient (Wildman–Crippen LogP) is 2.39. The molecule has 0 radical (unpaired) electrons. The van der Waals surface area contributed by atoms with E-state index in [-0.39, 0.29) is 22.8 Å². The maximum atomic E-state index is 12.0. The van der Waals surface area contributed by atoms with Crippen LogP contribution in [-0.2, 0) is 9.47 Å². The van der Waals surface area contributed by atoms with Crippen molar-refractivity contribution in [3.05, 3.63) is 18.0 Å². The van der Waals surface area contributed by atoms with Crippen molar-refractivity contribution in [1.29, 1.82) is 0 Å². The molecule has 1 aliphatic heterocycles. The highest BCUT2D eigenvalue weighted by Crippen LogP contribution is 2.23. The Labute approximate surface area is 134 Å². The van der Waals surface area contributed by atoms with Crippen LogP contribution in [0.15, 0.2) is 12.4 Å². The number of nitrogens with zero attached hydrogens (tertiary/aromatic N) is 3. The Hall–Kier alpha value is -2.12. The maximum Gasteiger partial charge on any atom is 0.410 e. The number of carbonyl (C=O) groups excluding carboxylic acids is 2. The van der Waals surface area contributed by atoms with E-state index >= 15 is 0 Å². The summed E-state index contributed by atoms with van der Waals surface area (Å²) in [7, 11) is 0. The smallest absolute Gasteiger partial charge is 0.410 e. The summed E-state index contributed by atoms with van der Waals surface area (Å²) >= 11 is 0. The molecule has 1 aromatic rings. The standard InChI is InChI=1S/C15H23N3O4.FH/c1-5-21-13(19)11-8-16-18(9-11)12-6-7-17(10-12)14(20)22-15(2,3)4;/h8-9,12H,5-7,10H2,1-4H3;1H/t12-;/m1./s1. The van der Waals surface area contributed by atoms with Gasteiger partial charge in [0.1, 0.15) is 5.60 Å². The number of amides is 1. The number of rotatable bonds is 3. The Morgan fingerprint density at radius 1 is 1.39 bits per heavy atom. The van der Waals surface area contributed by atoms with E-state index in [0.717, 1.165) is 6.42 Å². The number of likely N-dealkylation sites (tertiary alicyclic amines) is 1. The van der Waals surface area contributed by atoms with Gasteiger partial charge in [0.05, 0.1) is 24.4 Å². The van der Waals surface area contributed by atoms with Crippen molar-refractivity contribution in [2.24, 2.45) is 0 Å². The first-order valence-electron chi connectivity index (χ1n) is 7.49. The largest absolute Gasteiger partial charge is 0.462 e. The third-order valence-electron chi connectivity index (χ3n) is 3.30. The van der Waals surface area contributed by atoms with E-state index in [9.17, 15) is 9.59 Å². The summed E-state index contributed by atoms with van der Waals surface area (Å²) in [6, 6.07) is 0.0516. The van der Waals surface area contributed by atoms with Crippen molar-refractivity contribution in [2.45, 2.75) is 45.8 Å². The fraction of sp³-hybridized carbons (Fsp3) is 0.667. The normalized spacial score (nSPS) is 17.6. The molecule has 0 aromatic carbocycles. The Kier molecular flexibility index (Phi) is 6.12. The van der Waals surface area contributed by atoms with E-state index in [2.05, 4.69) is 5.10 Å². The first-order valence-corrected chi connectivity index (χ1v) is 7.49. The molecular weight excluding hydrogens is 305 g/mol. The van der Waals surface area contributed by atoms with Gasteiger partial charge in [-0.05, 0) is 34.1 Å². The summed E-state index contributed by atoms with van der Waals surface area (Å²) in [6.07, 6.45) is 3.63. The van der Waals surface area contributed by atoms with Crippen molar-refractivity contribution < 1.29 is 23.8 Å². The molecule has 1 saturated heterocycles. The Balaban J connectivity index is 0.00000264. The number of ether oxygens (including phenoxy) is 2. The monoisotopic (exact) mass is 329 g/mol. The third kappa shape index (κ3) is 4.94. The number of aromatic nitrogens is 2. The Morgan fingerprint density at radius 2 is 2.09 bits per heavy atom. The quantitative estimate of drug-likeness (QED) is 0.796. The molecule has 130 valence electrons. The van der Waals surface area contributed by atoms with Crippen LogP contribution in [-0.4, -0.2) is 52.0 Å². The summed E-state index contributed by atoms with van der Waals surface area (Å²) in [4.78, 5) is 25.3. The number of hydrogen-bond acceptors (Lipinski definition) is 5. The first-order chi connectivity index (χ1) is 10.3. The van der Waals surface area contributed by atoms with Gasteiger partial charge in [0.25, 0.3) is 0 Å². The molecule has 1 fully saturated rings. The molecule has 8 heteroatoms. The third-order valence-corrected chi connectivity index (χ3v) is 3.30. The van der Waals surface area contributed by atoms with E-state index in [4.69, 9.17) is 9.47 Å². The molecule has 0 spiro atoms. The van der Waals surface area contributed by atoms with E-state index in [1.165, 1.54) is 6.20 Å². The average molecular weight is 329 g/mol. The van der Waals surface area contributed by atoms with Gasteiger partial charge in [-0.2, -0.15) is 5.10 Å². The van der Waals surface area contributed by atoms with Crippen LogP contribution in [0, 0.1) is 0 Å². The van der Waals surface area contributed by atoms with Crippen molar-refractivity contribution in [3.8, 4) is 0 Å². The van der Waals surface area contributed by atoms with Crippen LogP contribution in [0.1, 0.15) is 50.5 Å². The number of carbonyl (C=O) groups is 2. The average Bonchev–Trinajstić information content (AvgIpc) is 3.06. The van der Waals surface area contributed by atoms with Gasteiger partial charge in [-0.25, -0.2) is 9.59 Å². The van der Waals surface area contributed by atoms with Crippen LogP contribution in [0.2, 0.25) is 0 Å². The molecule has 2 rings (SSSR count). The minimum absolute atomic E-state index is 0. The minimum Gasteiger partial charge on any atom is -0.462 e. The molecule has 0 unspecified atom stereocenters. The van der Waals surface area contributed by atoms with Gasteiger partial charge < -0.3 is 14.4 Å². The van der Waals surface area contributed by atoms with Crippen molar-refractivity contribution in [3.63, 3.8) is 0 Å². The Bertz CT molecular complexity index is 553. The van der Waals surface area contributed by atoms with Gasteiger partial charge in [-0.3, -0.25) is 9.39 Å². The van der Waals surface area contributed by atoms with Crippen molar-refractivity contribution in [1.82, 2.24) is 14.7 Å². The van der Waals surface area contributed by atoms with E-state index in [1.54, 1.807) is 22.7 Å². The summed E-state index contributed by atoms with van der Waals surface area (Å²) < 4.78 is 12.0. The molecule has 7 nitrogen and oxygen atoms in total. The molecule has 2 heterocycles. The van der Waals surface area contributed by atoms with Crippen LogP contribution < -0.4 is 0 Å². The predicted molar refractivity (Wildman–Crippen MR) is 82.1 cm³/mol. The van der Waals surface area contributed by atoms with Gasteiger partial charge in [-0.15, -0.1) is 0 Å². The van der Waals surface area contributed by atoms with Gasteiger partial charge in [0, 0.05) is 19.3 Å². The van der Waals surface area contributed by atoms with Crippen LogP contribution in [0.4, 0.5) is 9.50 Å². The second-order valence-corrected chi connectivity index (χ2v) is 6.30. The maximum absolute atomic E-state index is 12.0. The fourth-order valence-electron chi connectivity index (χ4n) is 2.31. The van der Waals surface area contributed by atoms with Crippen LogP contribution in [0.25, 0.3) is 0 Å². The zero-order chi connectivity index (χ0) is 16.3. The summed E-state index contributed by atoms with van der Waals surface area (Å²) in [6.45, 7) is 8.78. The second-order valence-electron chi connectivity index (χ2n) is 6.30. The second kappa shape index (κ2) is 7.43. The number of esters is 1. The molecule has 1 atom stereocenters. The van der Waals surface area contributed by atoms with Gasteiger partial charge in [0.2, 0.25) is 0 Å². The molecule has 0 saturated carbocycles. The molecule has 1 amide bonds. The molecular formula is C15H24FN3O4. The van der Waals surface area contributed by atoms with E-state index < -0.39 is 5.60 Å². The van der Waals surface area contributed by atoms with Crippen LogP contribution >= 0.6 is 0 Å². The van der Waals surface area contributed by atoms with Gasteiger partial charge in [0.15, 0.2) is 0 Å². The zero-order valence-corrected chi connectivity index (χ0v) is 13.9. The minimum atomic E-state index is -0.502. The first kappa shape index (κ1) is 18.9. The molecule has 0 bridgehead atoms. The van der Waals surface area contributed by atoms with Crippen molar-refractivity contribution in [2.75, 3.05) is 19.7 Å². The molecule has 0 N–H and O–H groups in total. The molecule has 1 aromatic heterocycles. The van der Waals surface area contributed by atoms with Gasteiger partial charge in [-0.1, -0.05) is 0 Å². The lowest BCUT2D eigenvalue weighted by Crippen LogP contribution is -2.35. The highest BCUT2D eigenvalue weighted by atomic mass is 19.0. The molecule has 23 heavy (non-hydrogen) atoms.